The van der Waals surface area contributed by atoms with Crippen LogP contribution in [0.5, 0.6) is 5.88 Å². The quantitative estimate of drug-likeness (QED) is 0.708. The number of ether oxygens (including phenoxy) is 2. The molecule has 0 bridgehead atoms. The number of aromatic nitrogens is 2. The van der Waals surface area contributed by atoms with Gasteiger partial charge >= 0.3 is 0 Å². The Morgan fingerprint density at radius 2 is 2.08 bits per heavy atom. The van der Waals surface area contributed by atoms with Gasteiger partial charge in [-0.2, -0.15) is 0 Å². The Balaban J connectivity index is 1.81. The summed E-state index contributed by atoms with van der Waals surface area (Å²) in [6.07, 6.45) is 3.16. The van der Waals surface area contributed by atoms with Crippen molar-refractivity contribution in [2.24, 2.45) is 0 Å². The molecule has 0 aliphatic heterocycles. The van der Waals surface area contributed by atoms with E-state index in [-0.39, 0.29) is 17.7 Å². The molecule has 0 radical (unpaired) electrons. The van der Waals surface area contributed by atoms with E-state index in [1.54, 1.807) is 31.5 Å². The molecule has 0 fully saturated rings. The summed E-state index contributed by atoms with van der Waals surface area (Å²) >= 11 is 0. The lowest BCUT2D eigenvalue weighted by Gasteiger charge is -2.13. The van der Waals surface area contributed by atoms with Gasteiger partial charge in [-0.25, -0.2) is 9.97 Å². The third-order valence-electron chi connectivity index (χ3n) is 3.90. The molecule has 2 aromatic heterocycles. The second-order valence-corrected chi connectivity index (χ2v) is 5.80. The van der Waals surface area contributed by atoms with E-state index >= 15 is 0 Å². The highest BCUT2D eigenvalue weighted by Gasteiger charge is 2.12. The topological polar surface area (TPSA) is 99.4 Å². The Morgan fingerprint density at radius 1 is 1.23 bits per heavy atom. The number of anilines is 2. The maximum Gasteiger partial charge on any atom is 0.276 e. The van der Waals surface area contributed by atoms with Gasteiger partial charge in [0.2, 0.25) is 5.88 Å². The third-order valence-corrected chi connectivity index (χ3v) is 3.90. The molecular weight excluding hydrogens is 332 g/mol. The van der Waals surface area contributed by atoms with Gasteiger partial charge in [-0.1, -0.05) is 0 Å². The van der Waals surface area contributed by atoms with Gasteiger partial charge in [-0.05, 0) is 48.7 Å². The molecule has 0 aliphatic carbocycles. The van der Waals surface area contributed by atoms with Gasteiger partial charge in [0.15, 0.2) is 5.69 Å². The first-order chi connectivity index (χ1) is 12.6. The van der Waals surface area contributed by atoms with Gasteiger partial charge in [0.05, 0.1) is 11.8 Å². The van der Waals surface area contributed by atoms with E-state index < -0.39 is 0 Å². The monoisotopic (exact) mass is 352 g/mol. The van der Waals surface area contributed by atoms with Crippen LogP contribution >= 0.6 is 0 Å². The van der Waals surface area contributed by atoms with E-state index in [1.165, 1.54) is 6.20 Å². The average molecular weight is 352 g/mol. The normalized spacial score (nSPS) is 11.9. The number of nitrogens with zero attached hydrogens (tertiary/aromatic N) is 2. The van der Waals surface area contributed by atoms with Crippen molar-refractivity contribution >= 4 is 28.1 Å². The lowest BCUT2D eigenvalue weighted by Crippen LogP contribution is -2.16. The molecule has 3 N–H and O–H groups in total. The van der Waals surface area contributed by atoms with Crippen molar-refractivity contribution in [2.45, 2.75) is 13.0 Å². The number of amides is 1. The Kier molecular flexibility index (Phi) is 5.28. The second-order valence-electron chi connectivity index (χ2n) is 5.80. The minimum absolute atomic E-state index is 0.0329. The predicted molar refractivity (Wildman–Crippen MR) is 100 cm³/mol. The number of hydrogen-bond donors (Lipinski definition) is 2. The zero-order valence-corrected chi connectivity index (χ0v) is 14.6. The van der Waals surface area contributed by atoms with Crippen LogP contribution in [-0.4, -0.2) is 35.7 Å². The molecular formula is C19H20N4O3. The van der Waals surface area contributed by atoms with Crippen LogP contribution in [0.2, 0.25) is 0 Å². The van der Waals surface area contributed by atoms with E-state index in [0.717, 1.165) is 10.8 Å². The van der Waals surface area contributed by atoms with Crippen molar-refractivity contribution in [1.29, 1.82) is 0 Å². The molecule has 0 saturated carbocycles. The van der Waals surface area contributed by atoms with Crippen molar-refractivity contribution in [2.75, 3.05) is 24.8 Å². The van der Waals surface area contributed by atoms with Crippen LogP contribution in [0.15, 0.2) is 48.8 Å². The molecule has 0 aliphatic rings. The summed E-state index contributed by atoms with van der Waals surface area (Å²) in [7, 11) is 1.63. The lowest BCUT2D eigenvalue weighted by molar-refractivity contribution is 0.0706. The van der Waals surface area contributed by atoms with Gasteiger partial charge in [0.25, 0.3) is 5.91 Å². The molecule has 1 amide bonds. The molecule has 0 unspecified atom stereocenters. The molecule has 1 atom stereocenters. The molecule has 2 heterocycles. The molecule has 3 rings (SSSR count). The van der Waals surface area contributed by atoms with E-state index in [2.05, 4.69) is 15.3 Å². The number of carbonyl (C=O) groups excluding carboxylic acids is 1. The number of pyridine rings is 2. The molecule has 0 saturated heterocycles. The van der Waals surface area contributed by atoms with Gasteiger partial charge in [-0.3, -0.25) is 4.79 Å². The van der Waals surface area contributed by atoms with Crippen LogP contribution in [0.1, 0.15) is 17.4 Å². The molecule has 3 aromatic rings. The summed E-state index contributed by atoms with van der Waals surface area (Å²) in [5, 5.41) is 4.56. The highest BCUT2D eigenvalue weighted by Crippen LogP contribution is 2.26. The van der Waals surface area contributed by atoms with Crippen LogP contribution in [-0.2, 0) is 4.74 Å². The molecule has 0 spiro atoms. The summed E-state index contributed by atoms with van der Waals surface area (Å²) in [6.45, 7) is 2.32. The summed E-state index contributed by atoms with van der Waals surface area (Å²) in [6, 6.07) is 10.7. The number of carbonyl (C=O) groups is 1. The predicted octanol–water partition coefficient (Wildman–Crippen LogP) is 2.88. The van der Waals surface area contributed by atoms with E-state index in [9.17, 15) is 4.79 Å². The highest BCUT2D eigenvalue weighted by molar-refractivity contribution is 6.07. The van der Waals surface area contributed by atoms with Crippen molar-refractivity contribution in [3.63, 3.8) is 0 Å². The fourth-order valence-electron chi connectivity index (χ4n) is 2.41. The summed E-state index contributed by atoms with van der Waals surface area (Å²) in [5.74, 6) is 0.167. The number of benzene rings is 1. The molecule has 1 aromatic carbocycles. The number of nitrogen functional groups attached to an aromatic ring is 1. The van der Waals surface area contributed by atoms with Crippen molar-refractivity contribution < 1.29 is 14.3 Å². The molecule has 7 nitrogen and oxygen atoms in total. The maximum atomic E-state index is 12.3. The van der Waals surface area contributed by atoms with E-state index in [1.807, 2.05) is 25.1 Å². The summed E-state index contributed by atoms with van der Waals surface area (Å²) in [5.41, 5.74) is 6.96. The zero-order chi connectivity index (χ0) is 18.5. The fourth-order valence-corrected chi connectivity index (χ4v) is 2.41. The summed E-state index contributed by atoms with van der Waals surface area (Å²) < 4.78 is 10.9. The maximum absolute atomic E-state index is 12.3. The first-order valence-corrected chi connectivity index (χ1v) is 8.14. The third kappa shape index (κ3) is 3.89. The first-order valence-electron chi connectivity index (χ1n) is 8.14. The number of rotatable bonds is 6. The van der Waals surface area contributed by atoms with Gasteiger partial charge in [0, 0.05) is 30.6 Å². The minimum atomic E-state index is -0.359. The van der Waals surface area contributed by atoms with Crippen LogP contribution < -0.4 is 15.8 Å². The SMILES string of the molecule is CO[C@H](C)COc1nccc2cc(NC(=O)c3ncccc3N)ccc12. The van der Waals surface area contributed by atoms with Gasteiger partial charge in [-0.15, -0.1) is 0 Å². The van der Waals surface area contributed by atoms with E-state index in [4.69, 9.17) is 15.2 Å². The number of nitrogens with one attached hydrogen (secondary N) is 1. The molecule has 7 heteroatoms. The average Bonchev–Trinajstić information content (AvgIpc) is 2.66. The Labute approximate surface area is 151 Å². The Morgan fingerprint density at radius 3 is 2.85 bits per heavy atom. The summed E-state index contributed by atoms with van der Waals surface area (Å²) in [4.78, 5) is 20.6. The number of fused-ring (bicyclic) bond motifs is 1. The number of nitrogens with two attached hydrogens (primary N) is 1. The second kappa shape index (κ2) is 7.79. The Bertz CT molecular complexity index is 930. The first kappa shape index (κ1) is 17.6. The van der Waals surface area contributed by atoms with Crippen molar-refractivity contribution in [3.05, 3.63) is 54.5 Å². The Hall–Kier alpha value is -3.19. The molecule has 134 valence electrons. The van der Waals surface area contributed by atoms with Crippen molar-refractivity contribution in [3.8, 4) is 5.88 Å². The minimum Gasteiger partial charge on any atom is -0.474 e. The van der Waals surface area contributed by atoms with Crippen LogP contribution in [0.3, 0.4) is 0 Å². The lowest BCUT2D eigenvalue weighted by atomic mass is 10.1. The van der Waals surface area contributed by atoms with Crippen LogP contribution in [0, 0.1) is 0 Å². The highest BCUT2D eigenvalue weighted by atomic mass is 16.5. The number of hydrogen-bond acceptors (Lipinski definition) is 6. The smallest absolute Gasteiger partial charge is 0.276 e. The van der Waals surface area contributed by atoms with Crippen LogP contribution in [0.4, 0.5) is 11.4 Å². The standard InChI is InChI=1S/C19H20N4O3/c1-12(25-2)11-26-19-15-6-5-14(10-13(15)7-9-22-19)23-18(24)17-16(20)4-3-8-21-17/h3-10,12H,11,20H2,1-2H3,(H,23,24)/t12-/m1/s1. The molecule has 26 heavy (non-hydrogen) atoms. The zero-order valence-electron chi connectivity index (χ0n) is 14.6. The van der Waals surface area contributed by atoms with Gasteiger partial charge in [0.1, 0.15) is 6.61 Å². The largest absolute Gasteiger partial charge is 0.474 e. The van der Waals surface area contributed by atoms with Crippen LogP contribution in [0.25, 0.3) is 10.8 Å². The number of methoxy groups -OCH3 is 1. The van der Waals surface area contributed by atoms with Crippen molar-refractivity contribution in [1.82, 2.24) is 9.97 Å². The van der Waals surface area contributed by atoms with Gasteiger partial charge < -0.3 is 20.5 Å². The fraction of sp³-hybridized carbons (Fsp3) is 0.211. The van der Waals surface area contributed by atoms with E-state index in [0.29, 0.717) is 23.9 Å².